The molecule has 3 heteroatoms. The Bertz CT molecular complexity index is 638. The van der Waals surface area contributed by atoms with Gasteiger partial charge in [-0.25, -0.2) is 4.98 Å². The lowest BCUT2D eigenvalue weighted by Crippen LogP contribution is -2.53. The zero-order valence-corrected chi connectivity index (χ0v) is 15.4. The van der Waals surface area contributed by atoms with Crippen LogP contribution in [0.15, 0.2) is 0 Å². The number of aromatic nitrogens is 1. The minimum absolute atomic E-state index is 0.322. The van der Waals surface area contributed by atoms with Crippen LogP contribution in [-0.2, 0) is 11.8 Å². The summed E-state index contributed by atoms with van der Waals surface area (Å²) in [7, 11) is 0. The highest BCUT2D eigenvalue weighted by Gasteiger charge is 2.59. The lowest BCUT2D eigenvalue weighted by atomic mass is 9.45. The van der Waals surface area contributed by atoms with Gasteiger partial charge in [-0.3, -0.25) is 0 Å². The Hall–Kier alpha value is -0.570. The Morgan fingerprint density at radius 1 is 1.04 bits per heavy atom. The van der Waals surface area contributed by atoms with Crippen molar-refractivity contribution in [2.75, 3.05) is 5.73 Å². The maximum Gasteiger partial charge on any atom is 0.180 e. The second-order valence-electron chi connectivity index (χ2n) is 9.39. The molecule has 6 atom stereocenters. The number of hydrogen-bond acceptors (Lipinski definition) is 3. The molecule has 126 valence electrons. The molecule has 2 N–H and O–H groups in total. The van der Waals surface area contributed by atoms with E-state index in [0.29, 0.717) is 10.8 Å². The summed E-state index contributed by atoms with van der Waals surface area (Å²) in [5.74, 6) is 3.78. The molecule has 4 aliphatic rings. The average molecular weight is 331 g/mol. The highest BCUT2D eigenvalue weighted by Crippen LogP contribution is 2.65. The van der Waals surface area contributed by atoms with E-state index in [9.17, 15) is 0 Å². The molecule has 0 saturated heterocycles. The van der Waals surface area contributed by atoms with Crippen molar-refractivity contribution in [3.63, 3.8) is 0 Å². The highest BCUT2D eigenvalue weighted by atomic mass is 32.1. The van der Waals surface area contributed by atoms with Crippen LogP contribution in [0.3, 0.4) is 0 Å². The molecular weight excluding hydrogens is 300 g/mol. The van der Waals surface area contributed by atoms with Gasteiger partial charge in [0.25, 0.3) is 0 Å². The van der Waals surface area contributed by atoms with Crippen LogP contribution < -0.4 is 5.73 Å². The summed E-state index contributed by atoms with van der Waals surface area (Å²) >= 11 is 1.77. The average Bonchev–Trinajstić information content (AvgIpc) is 3.02. The normalized spacial score (nSPS) is 48.3. The lowest BCUT2D eigenvalue weighted by molar-refractivity contribution is -0.0907. The third kappa shape index (κ3) is 1.83. The van der Waals surface area contributed by atoms with Gasteiger partial charge < -0.3 is 5.73 Å². The van der Waals surface area contributed by atoms with Gasteiger partial charge in [0.1, 0.15) is 0 Å². The number of rotatable bonds is 0. The Morgan fingerprint density at radius 2 is 1.91 bits per heavy atom. The van der Waals surface area contributed by atoms with Crippen LogP contribution in [0.25, 0.3) is 0 Å². The zero-order chi connectivity index (χ0) is 15.8. The molecule has 0 radical (unpaired) electrons. The maximum absolute atomic E-state index is 6.02. The van der Waals surface area contributed by atoms with Gasteiger partial charge in [0.15, 0.2) is 5.13 Å². The van der Waals surface area contributed by atoms with Gasteiger partial charge in [0, 0.05) is 10.3 Å². The molecule has 3 saturated carbocycles. The van der Waals surface area contributed by atoms with E-state index in [0.717, 1.165) is 28.8 Å². The zero-order valence-electron chi connectivity index (χ0n) is 14.6. The molecule has 1 aromatic heterocycles. The fourth-order valence-electron chi connectivity index (χ4n) is 7.44. The fourth-order valence-corrected chi connectivity index (χ4v) is 8.47. The molecule has 4 unspecified atom stereocenters. The minimum Gasteiger partial charge on any atom is -0.375 e. The molecule has 0 aromatic carbocycles. The monoisotopic (exact) mass is 330 g/mol. The van der Waals surface area contributed by atoms with E-state index in [2.05, 4.69) is 13.8 Å². The Kier molecular flexibility index (Phi) is 3.04. The first-order chi connectivity index (χ1) is 11.0. The maximum atomic E-state index is 6.02. The smallest absolute Gasteiger partial charge is 0.180 e. The fraction of sp³-hybridized carbons (Fsp3) is 0.850. The summed E-state index contributed by atoms with van der Waals surface area (Å²) < 4.78 is 0. The molecule has 4 aliphatic carbocycles. The first-order valence-electron chi connectivity index (χ1n) is 9.78. The van der Waals surface area contributed by atoms with E-state index in [4.69, 9.17) is 10.7 Å². The van der Waals surface area contributed by atoms with Gasteiger partial charge in [-0.15, -0.1) is 11.3 Å². The van der Waals surface area contributed by atoms with Crippen molar-refractivity contribution < 1.29 is 0 Å². The number of nitrogens with two attached hydrogens (primary N) is 1. The van der Waals surface area contributed by atoms with Crippen molar-refractivity contribution in [2.24, 2.45) is 29.1 Å². The summed E-state index contributed by atoms with van der Waals surface area (Å²) in [6, 6.07) is 0. The van der Waals surface area contributed by atoms with E-state index >= 15 is 0 Å². The van der Waals surface area contributed by atoms with Crippen LogP contribution in [-0.4, -0.2) is 4.98 Å². The second-order valence-corrected chi connectivity index (χ2v) is 10.5. The Morgan fingerprint density at radius 3 is 2.78 bits per heavy atom. The quantitative estimate of drug-likeness (QED) is 0.712. The van der Waals surface area contributed by atoms with Crippen molar-refractivity contribution in [3.8, 4) is 0 Å². The first-order valence-corrected chi connectivity index (χ1v) is 10.6. The molecule has 0 aliphatic heterocycles. The highest BCUT2D eigenvalue weighted by molar-refractivity contribution is 7.15. The van der Waals surface area contributed by atoms with Crippen molar-refractivity contribution in [1.29, 1.82) is 0 Å². The largest absolute Gasteiger partial charge is 0.375 e. The predicted octanol–water partition coefficient (Wildman–Crippen LogP) is 5.17. The van der Waals surface area contributed by atoms with Crippen LogP contribution in [0, 0.1) is 29.1 Å². The van der Waals surface area contributed by atoms with Gasteiger partial charge in [0.05, 0.1) is 5.69 Å². The van der Waals surface area contributed by atoms with Crippen molar-refractivity contribution >= 4 is 16.5 Å². The number of nitrogen functional groups attached to an aromatic ring is 1. The topological polar surface area (TPSA) is 38.9 Å². The standard InChI is InChI=1S/C20H30N2S/c1-19-9-4-3-5-12(19)6-7-13-14(19)8-10-20(2)15(13)11-16-17(20)22-18(21)23-16/h12-15H,3-11H2,1-2H3,(H2,21,22)/t12?,13?,14?,15?,19-,20-/m0/s1. The Balaban J connectivity index is 1.51. The molecular formula is C20H30N2S. The van der Waals surface area contributed by atoms with Gasteiger partial charge in [-0.1, -0.05) is 26.7 Å². The van der Waals surface area contributed by atoms with E-state index in [-0.39, 0.29) is 0 Å². The van der Waals surface area contributed by atoms with E-state index in [1.54, 1.807) is 11.3 Å². The summed E-state index contributed by atoms with van der Waals surface area (Å²) in [5, 5.41) is 0.791. The third-order valence-corrected chi connectivity index (χ3v) is 9.54. The molecule has 0 spiro atoms. The van der Waals surface area contributed by atoms with Gasteiger partial charge in [-0.05, 0) is 74.0 Å². The summed E-state index contributed by atoms with van der Waals surface area (Å²) in [4.78, 5) is 6.30. The van der Waals surface area contributed by atoms with E-state index < -0.39 is 0 Å². The minimum atomic E-state index is 0.322. The van der Waals surface area contributed by atoms with Crippen molar-refractivity contribution in [2.45, 2.75) is 77.0 Å². The summed E-state index contributed by atoms with van der Waals surface area (Å²) in [5.41, 5.74) is 8.37. The molecule has 0 amide bonds. The molecule has 1 heterocycles. The SMILES string of the molecule is C[C@]12CCCCC1CCC1C2CC[C@]2(C)c3nc(N)sc3CC12. The van der Waals surface area contributed by atoms with E-state index in [1.165, 1.54) is 68.4 Å². The molecule has 2 nitrogen and oxygen atoms in total. The second kappa shape index (κ2) is 4.74. The molecule has 0 bridgehead atoms. The van der Waals surface area contributed by atoms with Gasteiger partial charge in [0.2, 0.25) is 0 Å². The number of hydrogen-bond donors (Lipinski definition) is 1. The predicted molar refractivity (Wildman–Crippen MR) is 96.6 cm³/mol. The van der Waals surface area contributed by atoms with Crippen LogP contribution >= 0.6 is 11.3 Å². The summed E-state index contributed by atoms with van der Waals surface area (Å²) in [6.45, 7) is 5.17. The van der Waals surface area contributed by atoms with Crippen molar-refractivity contribution in [1.82, 2.24) is 4.98 Å². The molecule has 1 aromatic rings. The number of thiazole rings is 1. The van der Waals surface area contributed by atoms with Crippen LogP contribution in [0.2, 0.25) is 0 Å². The summed E-state index contributed by atoms with van der Waals surface area (Å²) in [6.07, 6.45) is 13.0. The van der Waals surface area contributed by atoms with Gasteiger partial charge in [-0.2, -0.15) is 0 Å². The number of anilines is 1. The van der Waals surface area contributed by atoms with Crippen LogP contribution in [0.4, 0.5) is 5.13 Å². The van der Waals surface area contributed by atoms with E-state index in [1.807, 2.05) is 0 Å². The van der Waals surface area contributed by atoms with Crippen molar-refractivity contribution in [3.05, 3.63) is 10.6 Å². The number of nitrogens with zero attached hydrogens (tertiary/aromatic N) is 1. The molecule has 3 fully saturated rings. The van der Waals surface area contributed by atoms with Gasteiger partial charge >= 0.3 is 0 Å². The molecule has 23 heavy (non-hydrogen) atoms. The first kappa shape index (κ1) is 14.7. The lowest BCUT2D eigenvalue weighted by Gasteiger charge is -2.59. The van der Waals surface area contributed by atoms with Crippen LogP contribution in [0.1, 0.15) is 75.8 Å². The third-order valence-electron chi connectivity index (χ3n) is 8.63. The number of fused-ring (bicyclic) bond motifs is 7. The molecule has 5 rings (SSSR count). The van der Waals surface area contributed by atoms with Crippen LogP contribution in [0.5, 0.6) is 0 Å². The Labute approximate surface area is 144 Å².